The maximum Gasteiger partial charge on any atom is 0.305 e. The normalized spacial score (nSPS) is 13.1. The van der Waals surface area contributed by atoms with Gasteiger partial charge in [-0.2, -0.15) is 0 Å². The molecule has 6 nitrogen and oxygen atoms in total. The minimum Gasteiger partial charge on any atom is -0.466 e. The third-order valence-corrected chi connectivity index (χ3v) is 13.3. The van der Waals surface area contributed by atoms with E-state index in [1.54, 1.807) is 6.08 Å². The molecule has 0 aromatic heterocycles. The van der Waals surface area contributed by atoms with Crippen LogP contribution in [0.1, 0.15) is 296 Å². The quantitative estimate of drug-likeness (QED) is 0.0244. The van der Waals surface area contributed by atoms with Gasteiger partial charge >= 0.3 is 5.97 Å². The van der Waals surface area contributed by atoms with Crippen molar-refractivity contribution in [2.24, 2.45) is 0 Å². The van der Waals surface area contributed by atoms with E-state index in [1.807, 2.05) is 6.08 Å². The lowest BCUT2D eigenvalue weighted by atomic mass is 10.0. The number of aliphatic hydroxyl groups excluding tert-OH is 2. The molecule has 3 N–H and O–H groups in total. The highest BCUT2D eigenvalue weighted by molar-refractivity contribution is 5.76. The van der Waals surface area contributed by atoms with Gasteiger partial charge in [-0.3, -0.25) is 9.59 Å². The van der Waals surface area contributed by atoms with Crippen molar-refractivity contribution in [3.63, 3.8) is 0 Å². The second-order valence-corrected chi connectivity index (χ2v) is 20.0. The molecule has 396 valence electrons. The molecule has 0 bridgehead atoms. The Bertz CT molecular complexity index is 1190. The van der Waals surface area contributed by atoms with E-state index in [9.17, 15) is 19.8 Å². The maximum atomic E-state index is 12.5. The predicted molar refractivity (Wildman–Crippen MR) is 296 cm³/mol. The van der Waals surface area contributed by atoms with Crippen molar-refractivity contribution in [2.75, 3.05) is 13.2 Å². The van der Waals surface area contributed by atoms with E-state index < -0.39 is 12.1 Å². The third kappa shape index (κ3) is 52.9. The fourth-order valence-corrected chi connectivity index (χ4v) is 8.70. The molecule has 0 radical (unpaired) electrons. The van der Waals surface area contributed by atoms with E-state index in [0.29, 0.717) is 19.4 Å². The van der Waals surface area contributed by atoms with Crippen LogP contribution in [0.15, 0.2) is 60.8 Å². The zero-order chi connectivity index (χ0) is 49.3. The lowest BCUT2D eigenvalue weighted by Gasteiger charge is -2.20. The summed E-state index contributed by atoms with van der Waals surface area (Å²) < 4.78 is 5.44. The largest absolute Gasteiger partial charge is 0.466 e. The lowest BCUT2D eigenvalue weighted by molar-refractivity contribution is -0.143. The summed E-state index contributed by atoms with van der Waals surface area (Å²) in [6.07, 6.45) is 73.9. The molecule has 0 aromatic rings. The molecule has 0 aliphatic carbocycles. The number of nitrogens with one attached hydrogen (secondary N) is 1. The molecule has 2 atom stereocenters. The van der Waals surface area contributed by atoms with Crippen molar-refractivity contribution in [1.29, 1.82) is 0 Å². The van der Waals surface area contributed by atoms with Gasteiger partial charge in [0, 0.05) is 12.8 Å². The number of unbranched alkanes of at least 4 members (excludes halogenated alkanes) is 36. The first kappa shape index (κ1) is 65.6. The molecular formula is C62H113NO5. The van der Waals surface area contributed by atoms with Crippen molar-refractivity contribution in [2.45, 2.75) is 309 Å². The van der Waals surface area contributed by atoms with Crippen molar-refractivity contribution in [3.05, 3.63) is 60.8 Å². The van der Waals surface area contributed by atoms with Gasteiger partial charge in [0.2, 0.25) is 5.91 Å². The Kier molecular flexibility index (Phi) is 55.1. The number of hydrogen-bond acceptors (Lipinski definition) is 5. The first-order chi connectivity index (χ1) is 33.5. The smallest absolute Gasteiger partial charge is 0.305 e. The molecule has 1 amide bonds. The number of hydrogen-bond donors (Lipinski definition) is 3. The van der Waals surface area contributed by atoms with Crippen LogP contribution in [0.2, 0.25) is 0 Å². The van der Waals surface area contributed by atoms with Gasteiger partial charge in [0.1, 0.15) is 0 Å². The predicted octanol–water partition coefficient (Wildman–Crippen LogP) is 18.4. The highest BCUT2D eigenvalue weighted by Crippen LogP contribution is 2.16. The van der Waals surface area contributed by atoms with E-state index in [1.165, 1.54) is 180 Å². The van der Waals surface area contributed by atoms with E-state index in [0.717, 1.165) is 89.9 Å². The highest BCUT2D eigenvalue weighted by atomic mass is 16.5. The van der Waals surface area contributed by atoms with Crippen molar-refractivity contribution < 1.29 is 24.5 Å². The Morgan fingerprint density at radius 3 is 1.25 bits per heavy atom. The Labute approximate surface area is 422 Å². The molecule has 0 saturated heterocycles. The first-order valence-corrected chi connectivity index (χ1v) is 29.6. The van der Waals surface area contributed by atoms with E-state index in [2.05, 4.69) is 67.8 Å². The molecule has 0 heterocycles. The second-order valence-electron chi connectivity index (χ2n) is 20.0. The fraction of sp³-hybridized carbons (Fsp3) is 0.806. The average molecular weight is 953 g/mol. The number of rotatable bonds is 54. The summed E-state index contributed by atoms with van der Waals surface area (Å²) >= 11 is 0. The monoisotopic (exact) mass is 952 g/mol. The minimum absolute atomic E-state index is 0.0294. The molecule has 2 unspecified atom stereocenters. The molecule has 0 spiro atoms. The van der Waals surface area contributed by atoms with Gasteiger partial charge in [-0.05, 0) is 89.9 Å². The van der Waals surface area contributed by atoms with E-state index in [4.69, 9.17) is 4.74 Å². The summed E-state index contributed by atoms with van der Waals surface area (Å²) in [4.78, 5) is 24.5. The molecule has 0 aliphatic heterocycles. The van der Waals surface area contributed by atoms with Crippen LogP contribution in [0, 0.1) is 0 Å². The standard InChI is InChI=1S/C62H113NO5/c1-3-5-7-9-11-13-15-17-19-20-24-27-30-34-38-42-46-50-54-60(65)59(58-64)63-61(66)55-51-47-43-39-35-31-28-25-22-21-23-26-29-33-37-41-45-49-53-57-68-62(67)56-52-48-44-40-36-32-18-16-14-12-10-8-6-4-2/h10,12,16,18,26,29,33,37,50,54,59-60,64-65H,3-9,11,13-15,17,19-25,27-28,30-32,34-36,38-49,51-53,55-58H2,1-2H3,(H,63,66)/b12-10-,18-16-,29-26-,37-33-,54-50+. The van der Waals surface area contributed by atoms with Gasteiger partial charge < -0.3 is 20.3 Å². The van der Waals surface area contributed by atoms with Crippen LogP contribution in [0.25, 0.3) is 0 Å². The number of carbonyl (C=O) groups is 2. The second kappa shape index (κ2) is 57.1. The Hall–Kier alpha value is -2.44. The molecule has 6 heteroatoms. The summed E-state index contributed by atoms with van der Waals surface area (Å²) in [6.45, 7) is 4.82. The Morgan fingerprint density at radius 1 is 0.426 bits per heavy atom. The van der Waals surface area contributed by atoms with Gasteiger partial charge in [0.15, 0.2) is 0 Å². The van der Waals surface area contributed by atoms with Crippen molar-refractivity contribution in [3.8, 4) is 0 Å². The fourth-order valence-electron chi connectivity index (χ4n) is 8.70. The van der Waals surface area contributed by atoms with Crippen LogP contribution in [0.5, 0.6) is 0 Å². The summed E-state index contributed by atoms with van der Waals surface area (Å²) in [5, 5.41) is 23.1. The number of allylic oxidation sites excluding steroid dienone is 9. The molecule has 0 aliphatic rings. The first-order valence-electron chi connectivity index (χ1n) is 29.6. The molecule has 0 saturated carbocycles. The lowest BCUT2D eigenvalue weighted by Crippen LogP contribution is -2.45. The number of amides is 1. The van der Waals surface area contributed by atoms with Gasteiger partial charge in [0.25, 0.3) is 0 Å². The van der Waals surface area contributed by atoms with Crippen molar-refractivity contribution >= 4 is 11.9 Å². The maximum absolute atomic E-state index is 12.5. The van der Waals surface area contributed by atoms with Gasteiger partial charge in [-0.15, -0.1) is 0 Å². The van der Waals surface area contributed by atoms with Gasteiger partial charge in [0.05, 0.1) is 25.4 Å². The third-order valence-electron chi connectivity index (χ3n) is 13.3. The minimum atomic E-state index is -0.853. The summed E-state index contributed by atoms with van der Waals surface area (Å²) in [6, 6.07) is -0.638. The highest BCUT2D eigenvalue weighted by Gasteiger charge is 2.18. The van der Waals surface area contributed by atoms with Gasteiger partial charge in [-0.1, -0.05) is 254 Å². The molecule has 68 heavy (non-hydrogen) atoms. The van der Waals surface area contributed by atoms with Crippen molar-refractivity contribution in [1.82, 2.24) is 5.32 Å². The number of carbonyl (C=O) groups excluding carboxylic acids is 2. The van der Waals surface area contributed by atoms with Crippen LogP contribution in [0.4, 0.5) is 0 Å². The number of esters is 1. The topological polar surface area (TPSA) is 95.9 Å². The van der Waals surface area contributed by atoms with Crippen LogP contribution in [-0.4, -0.2) is 47.4 Å². The Morgan fingerprint density at radius 2 is 0.794 bits per heavy atom. The Balaban J connectivity index is 3.53. The molecule has 0 rings (SSSR count). The average Bonchev–Trinajstić information content (AvgIpc) is 3.34. The molecule has 0 aromatic carbocycles. The summed E-state index contributed by atoms with van der Waals surface area (Å²) in [5.41, 5.74) is 0. The number of ether oxygens (including phenoxy) is 1. The molecular weight excluding hydrogens is 839 g/mol. The molecule has 0 fully saturated rings. The van der Waals surface area contributed by atoms with Crippen LogP contribution < -0.4 is 5.32 Å². The summed E-state index contributed by atoms with van der Waals surface area (Å²) in [5.74, 6) is -0.107. The van der Waals surface area contributed by atoms with Gasteiger partial charge in [-0.25, -0.2) is 0 Å². The van der Waals surface area contributed by atoms with Crippen LogP contribution in [0.3, 0.4) is 0 Å². The van der Waals surface area contributed by atoms with E-state index in [-0.39, 0.29) is 18.5 Å². The van der Waals surface area contributed by atoms with E-state index >= 15 is 0 Å². The SMILES string of the molecule is CCCC/C=C\C/C=C\CCCCCCCC(=O)OCCCCC/C=C\C=C/CCCCCCCCCCCCC(=O)NC(CO)C(O)/C=C/CCCCCCCCCCCCCCCCCC. The van der Waals surface area contributed by atoms with Crippen LogP contribution in [-0.2, 0) is 14.3 Å². The number of aliphatic hydroxyl groups is 2. The zero-order valence-electron chi connectivity index (χ0n) is 45.1. The zero-order valence-corrected chi connectivity index (χ0v) is 45.1. The summed E-state index contributed by atoms with van der Waals surface area (Å²) in [7, 11) is 0. The van der Waals surface area contributed by atoms with Crippen LogP contribution >= 0.6 is 0 Å².